The van der Waals surface area contributed by atoms with E-state index in [9.17, 15) is 12.9 Å². The molecule has 0 unspecified atom stereocenters. The van der Waals surface area contributed by atoms with Gasteiger partial charge in [-0.1, -0.05) is 6.92 Å². The van der Waals surface area contributed by atoms with Crippen LogP contribution >= 0.6 is 0 Å². The molecule has 0 amide bonds. The van der Waals surface area contributed by atoms with E-state index < -0.39 is 19.1 Å². The second-order valence-electron chi connectivity index (χ2n) is 2.29. The van der Waals surface area contributed by atoms with E-state index in [1.54, 1.807) is 0 Å². The van der Waals surface area contributed by atoms with Crippen molar-refractivity contribution in [1.29, 1.82) is 0 Å². The molecule has 6 heteroatoms. The molecule has 0 aliphatic carbocycles. The van der Waals surface area contributed by atoms with Gasteiger partial charge in [0.2, 0.25) is 0 Å². The first-order valence-electron chi connectivity index (χ1n) is 3.43. The molecule has 0 atom stereocenters. The van der Waals surface area contributed by atoms with Crippen LogP contribution in [0.1, 0.15) is 13.3 Å². The van der Waals surface area contributed by atoms with Gasteiger partial charge in [0.15, 0.2) is 0 Å². The Balaban J connectivity index is 0. The fourth-order valence-corrected chi connectivity index (χ4v) is 0.442. The third kappa shape index (κ3) is 7.82. The molecule has 0 aromatic heterocycles. The van der Waals surface area contributed by atoms with Crippen LogP contribution < -0.4 is 51.4 Å². The van der Waals surface area contributed by atoms with Crippen molar-refractivity contribution in [2.24, 2.45) is 0 Å². The van der Waals surface area contributed by atoms with Gasteiger partial charge in [0.05, 0.1) is 0 Å². The molecule has 66 valence electrons. The summed E-state index contributed by atoms with van der Waals surface area (Å²) in [7, 11) is 0. The van der Waals surface area contributed by atoms with Crippen molar-refractivity contribution in [2.75, 3.05) is 13.2 Å². The molecule has 1 nitrogen and oxygen atoms in total. The Morgan fingerprint density at radius 1 is 1.42 bits per heavy atom. The third-order valence-electron chi connectivity index (χ3n) is 1.10. The summed E-state index contributed by atoms with van der Waals surface area (Å²) < 4.78 is 39.9. The fourth-order valence-electron chi connectivity index (χ4n) is 0.442. The van der Waals surface area contributed by atoms with Gasteiger partial charge >= 0.3 is 58.4 Å². The Hall–Kier alpha value is 1.19. The molecular formula is C6H11BF3KO. The van der Waals surface area contributed by atoms with E-state index in [2.05, 4.69) is 11.3 Å². The van der Waals surface area contributed by atoms with Crippen molar-refractivity contribution >= 4 is 6.98 Å². The molecule has 0 aromatic carbocycles. The zero-order valence-electron chi connectivity index (χ0n) is 7.45. The van der Waals surface area contributed by atoms with E-state index in [-0.39, 0.29) is 51.4 Å². The second kappa shape index (κ2) is 7.58. The van der Waals surface area contributed by atoms with Crippen LogP contribution in [0.4, 0.5) is 12.9 Å². The number of hydrogen-bond acceptors (Lipinski definition) is 1. The van der Waals surface area contributed by atoms with Crippen molar-refractivity contribution < 1.29 is 69.1 Å². The van der Waals surface area contributed by atoms with Gasteiger partial charge in [-0.05, 0) is 6.42 Å². The van der Waals surface area contributed by atoms with Gasteiger partial charge < -0.3 is 17.7 Å². The fraction of sp³-hybridized carbons (Fsp3) is 0.667. The van der Waals surface area contributed by atoms with Crippen LogP contribution in [0.25, 0.3) is 0 Å². The van der Waals surface area contributed by atoms with E-state index in [1.807, 2.05) is 6.92 Å². The maximum Gasteiger partial charge on any atom is 1.00 e. The predicted molar refractivity (Wildman–Crippen MR) is 39.3 cm³/mol. The minimum absolute atomic E-state index is 0. The molecule has 0 fully saturated rings. The predicted octanol–water partition coefficient (Wildman–Crippen LogP) is -0.640. The summed E-state index contributed by atoms with van der Waals surface area (Å²) in [6.45, 7) is -0.234. The van der Waals surface area contributed by atoms with Gasteiger partial charge in [0.1, 0.15) is 0 Å². The summed E-state index contributed by atoms with van der Waals surface area (Å²) in [6, 6.07) is 0. The van der Waals surface area contributed by atoms with Crippen LogP contribution in [-0.2, 0) is 4.74 Å². The monoisotopic (exact) mass is 206 g/mol. The Morgan fingerprint density at radius 3 is 2.25 bits per heavy atom. The molecule has 0 saturated carbocycles. The van der Waals surface area contributed by atoms with Gasteiger partial charge in [0, 0.05) is 13.2 Å². The topological polar surface area (TPSA) is 9.23 Å². The molecule has 0 aliphatic rings. The maximum absolute atomic E-state index is 11.8. The van der Waals surface area contributed by atoms with E-state index in [0.717, 1.165) is 6.42 Å². The van der Waals surface area contributed by atoms with Crippen LogP contribution in [0.2, 0.25) is 0 Å². The molecule has 0 bridgehead atoms. The van der Waals surface area contributed by atoms with E-state index in [1.165, 1.54) is 0 Å². The minimum Gasteiger partial charge on any atom is -0.445 e. The Bertz CT molecular complexity index is 137. The normalized spacial score (nSPS) is 10.7. The van der Waals surface area contributed by atoms with Crippen molar-refractivity contribution in [3.8, 4) is 0 Å². The van der Waals surface area contributed by atoms with E-state index in [4.69, 9.17) is 0 Å². The largest absolute Gasteiger partial charge is 1.00 e. The summed E-state index contributed by atoms with van der Waals surface area (Å²) in [5.41, 5.74) is -0.765. The zero-order valence-corrected chi connectivity index (χ0v) is 10.6. The van der Waals surface area contributed by atoms with Crippen molar-refractivity contribution in [3.63, 3.8) is 0 Å². The summed E-state index contributed by atoms with van der Waals surface area (Å²) in [4.78, 5) is 0. The smallest absolute Gasteiger partial charge is 0.445 e. The van der Waals surface area contributed by atoms with Crippen LogP contribution in [0, 0.1) is 0 Å². The second-order valence-corrected chi connectivity index (χ2v) is 2.29. The third-order valence-corrected chi connectivity index (χ3v) is 1.10. The van der Waals surface area contributed by atoms with Crippen molar-refractivity contribution in [1.82, 2.24) is 0 Å². The van der Waals surface area contributed by atoms with Crippen molar-refractivity contribution in [2.45, 2.75) is 13.3 Å². The van der Waals surface area contributed by atoms with Gasteiger partial charge in [-0.15, -0.1) is 12.1 Å². The molecular weight excluding hydrogens is 195 g/mol. The average molecular weight is 206 g/mol. The number of rotatable bonds is 5. The summed E-state index contributed by atoms with van der Waals surface area (Å²) >= 11 is 0. The van der Waals surface area contributed by atoms with Crippen LogP contribution in [0.15, 0.2) is 12.1 Å². The van der Waals surface area contributed by atoms with Crippen LogP contribution in [0.3, 0.4) is 0 Å². The quantitative estimate of drug-likeness (QED) is 0.429. The van der Waals surface area contributed by atoms with Gasteiger partial charge in [-0.2, -0.15) is 0 Å². The van der Waals surface area contributed by atoms with Crippen LogP contribution in [0.5, 0.6) is 0 Å². The van der Waals surface area contributed by atoms with Gasteiger partial charge in [0.25, 0.3) is 0 Å². The summed E-state index contributed by atoms with van der Waals surface area (Å²) in [5, 5.41) is 0. The Labute approximate surface area is 113 Å². The number of hydrogen-bond donors (Lipinski definition) is 0. The molecule has 0 heterocycles. The average Bonchev–Trinajstić information content (AvgIpc) is 1.86. The zero-order chi connectivity index (χ0) is 8.91. The molecule has 0 spiro atoms. The first-order valence-corrected chi connectivity index (χ1v) is 3.43. The standard InChI is InChI=1S/C6H11BF3O.K/c1-3-4-11-5-6(2)7(8,9)10;/h2-5H2,1H3;/q-1;+1. The first-order chi connectivity index (χ1) is 4.98. The van der Waals surface area contributed by atoms with Crippen molar-refractivity contribution in [3.05, 3.63) is 12.1 Å². The molecule has 12 heavy (non-hydrogen) atoms. The van der Waals surface area contributed by atoms with Gasteiger partial charge in [-0.3, -0.25) is 0 Å². The Morgan fingerprint density at radius 2 is 1.92 bits per heavy atom. The van der Waals surface area contributed by atoms with Gasteiger partial charge in [-0.25, -0.2) is 0 Å². The van der Waals surface area contributed by atoms with Crippen LogP contribution in [-0.4, -0.2) is 20.2 Å². The number of halogens is 3. The minimum atomic E-state index is -4.90. The number of ether oxygens (including phenoxy) is 1. The Kier molecular flexibility index (Phi) is 9.89. The van der Waals surface area contributed by atoms with E-state index >= 15 is 0 Å². The first kappa shape index (κ1) is 15.7. The molecule has 0 saturated heterocycles. The summed E-state index contributed by atoms with van der Waals surface area (Å²) in [6.07, 6.45) is 0.720. The molecule has 0 rings (SSSR count). The molecule has 0 aromatic rings. The molecule has 0 N–H and O–H groups in total. The maximum atomic E-state index is 11.8. The SMILES string of the molecule is C=C(COCCC)[B-](F)(F)F.[K+]. The summed E-state index contributed by atoms with van der Waals surface area (Å²) in [5.74, 6) is 0. The van der Waals surface area contributed by atoms with E-state index in [0.29, 0.717) is 6.61 Å². The molecule has 0 radical (unpaired) electrons. The molecule has 0 aliphatic heterocycles.